The van der Waals surface area contributed by atoms with Crippen LogP contribution in [-0.2, 0) is 9.59 Å². The molecule has 3 amide bonds. The first kappa shape index (κ1) is 19.4. The molecular weight excluding hydrogens is 396 g/mol. The van der Waals surface area contributed by atoms with Crippen LogP contribution in [0.3, 0.4) is 0 Å². The average molecular weight is 417 g/mol. The summed E-state index contributed by atoms with van der Waals surface area (Å²) in [5, 5.41) is 14.6. The monoisotopic (exact) mass is 416 g/mol. The van der Waals surface area contributed by atoms with Crippen molar-refractivity contribution in [3.05, 3.63) is 11.3 Å². The van der Waals surface area contributed by atoms with Gasteiger partial charge < -0.3 is 15.7 Å². The van der Waals surface area contributed by atoms with E-state index in [0.717, 1.165) is 22.2 Å². The molecule has 0 aromatic carbocycles. The highest BCUT2D eigenvalue weighted by Crippen LogP contribution is 2.41. The van der Waals surface area contributed by atoms with Gasteiger partial charge in [0.25, 0.3) is 5.91 Å². The van der Waals surface area contributed by atoms with E-state index in [9.17, 15) is 19.5 Å². The number of aliphatic imine (C=N–C) groups is 1. The lowest BCUT2D eigenvalue weighted by Gasteiger charge is -2.49. The van der Waals surface area contributed by atoms with E-state index in [1.807, 2.05) is 13.8 Å². The highest BCUT2D eigenvalue weighted by molar-refractivity contribution is 8.39. The molecule has 0 bridgehead atoms. The molecule has 1 unspecified atom stereocenters. The summed E-state index contributed by atoms with van der Waals surface area (Å²) >= 11 is 4.67. The number of carbonyl (C=O) groups excluding carboxylic acids is 2. The summed E-state index contributed by atoms with van der Waals surface area (Å²) in [4.78, 5) is 41.8. The Kier molecular flexibility index (Phi) is 6.08. The number of carbonyl (C=O) groups is 3. The minimum absolute atomic E-state index is 0.0465. The van der Waals surface area contributed by atoms with E-state index in [-0.39, 0.29) is 23.0 Å². The number of hydrogen-bond donors (Lipinski definition) is 3. The van der Waals surface area contributed by atoms with Crippen LogP contribution >= 0.6 is 35.3 Å². The Hall–Kier alpha value is -1.33. The number of fused-ring (bicyclic) bond motifs is 1. The summed E-state index contributed by atoms with van der Waals surface area (Å²) in [6, 6.07) is -1.16. The fourth-order valence-electron chi connectivity index (χ4n) is 2.79. The third kappa shape index (κ3) is 3.99. The Morgan fingerprint density at radius 1 is 1.46 bits per heavy atom. The Bertz CT molecular complexity index is 694. The van der Waals surface area contributed by atoms with Crippen LogP contribution in [0.5, 0.6) is 0 Å². The number of nitrogens with zero attached hydrogens (tertiary/aromatic N) is 2. The summed E-state index contributed by atoms with van der Waals surface area (Å²) < 4.78 is 0.967. The second-order valence-corrected chi connectivity index (χ2v) is 9.61. The number of urea groups is 1. The molecule has 3 aliphatic heterocycles. The normalized spacial score (nSPS) is 25.0. The zero-order valence-corrected chi connectivity index (χ0v) is 16.8. The van der Waals surface area contributed by atoms with Crippen molar-refractivity contribution in [2.75, 3.05) is 23.8 Å². The second-order valence-electron chi connectivity index (χ2n) is 6.20. The molecule has 0 aromatic heterocycles. The molecule has 11 heteroatoms. The first-order valence-corrected chi connectivity index (χ1v) is 11.2. The van der Waals surface area contributed by atoms with E-state index >= 15 is 0 Å². The Balaban J connectivity index is 1.69. The van der Waals surface area contributed by atoms with Crippen LogP contribution in [0.2, 0.25) is 0 Å². The van der Waals surface area contributed by atoms with Crippen molar-refractivity contribution in [1.29, 1.82) is 0 Å². The molecule has 0 radical (unpaired) electrons. The molecule has 0 saturated carbocycles. The van der Waals surface area contributed by atoms with Gasteiger partial charge in [0.2, 0.25) is 0 Å². The number of carboxylic acids is 1. The van der Waals surface area contributed by atoms with E-state index in [1.165, 1.54) is 28.4 Å². The van der Waals surface area contributed by atoms with Gasteiger partial charge in [-0.1, -0.05) is 23.5 Å². The fourth-order valence-corrected chi connectivity index (χ4v) is 6.29. The van der Waals surface area contributed by atoms with Gasteiger partial charge in [-0.15, -0.1) is 11.8 Å². The summed E-state index contributed by atoms with van der Waals surface area (Å²) in [5.41, 5.74) is 0.773. The summed E-state index contributed by atoms with van der Waals surface area (Å²) in [6.45, 7) is 4.45. The number of amides is 3. The van der Waals surface area contributed by atoms with Crippen molar-refractivity contribution < 1.29 is 19.5 Å². The van der Waals surface area contributed by atoms with Crippen molar-refractivity contribution >= 4 is 57.6 Å². The van der Waals surface area contributed by atoms with Crippen molar-refractivity contribution in [3.8, 4) is 0 Å². The average Bonchev–Trinajstić information content (AvgIpc) is 3.09. The quantitative estimate of drug-likeness (QED) is 0.577. The molecule has 26 heavy (non-hydrogen) atoms. The molecule has 0 spiro atoms. The van der Waals surface area contributed by atoms with Gasteiger partial charge in [-0.3, -0.25) is 14.7 Å². The fraction of sp³-hybridized carbons (Fsp3) is 0.600. The van der Waals surface area contributed by atoms with Gasteiger partial charge in [0.05, 0.1) is 6.54 Å². The van der Waals surface area contributed by atoms with E-state index in [2.05, 4.69) is 15.6 Å². The van der Waals surface area contributed by atoms with Crippen molar-refractivity contribution in [2.24, 2.45) is 4.99 Å². The molecule has 1 fully saturated rings. The predicted octanol–water partition coefficient (Wildman–Crippen LogP) is 1.15. The van der Waals surface area contributed by atoms with Gasteiger partial charge in [0.1, 0.15) is 21.5 Å². The van der Waals surface area contributed by atoms with Gasteiger partial charge in [-0.2, -0.15) is 0 Å². The largest absolute Gasteiger partial charge is 0.477 e. The summed E-state index contributed by atoms with van der Waals surface area (Å²) in [6.07, 6.45) is 0. The number of hydrogen-bond acceptors (Lipinski definition) is 7. The van der Waals surface area contributed by atoms with Crippen LogP contribution in [0.15, 0.2) is 16.3 Å². The summed E-state index contributed by atoms with van der Waals surface area (Å²) in [5.74, 6) is 0.493. The van der Waals surface area contributed by atoms with Gasteiger partial charge >= 0.3 is 12.0 Å². The molecule has 3 N–H and O–H groups in total. The summed E-state index contributed by atoms with van der Waals surface area (Å²) in [7, 11) is 0. The minimum atomic E-state index is -1.11. The first-order chi connectivity index (χ1) is 12.4. The third-order valence-electron chi connectivity index (χ3n) is 3.88. The SMILES string of the molecule is CC(C)NC(=O)NC1C(=O)N2C(C(=O)O)=C(CSC3=NCCS3)CS[C@H]12. The van der Waals surface area contributed by atoms with Crippen LogP contribution in [0.4, 0.5) is 4.79 Å². The smallest absolute Gasteiger partial charge is 0.352 e. The highest BCUT2D eigenvalue weighted by atomic mass is 32.2. The molecule has 8 nitrogen and oxygen atoms in total. The van der Waals surface area contributed by atoms with Gasteiger partial charge in [-0.05, 0) is 19.4 Å². The zero-order chi connectivity index (χ0) is 18.8. The molecule has 0 aliphatic carbocycles. The maximum atomic E-state index is 12.5. The van der Waals surface area contributed by atoms with Gasteiger partial charge in [-0.25, -0.2) is 9.59 Å². The molecule has 142 valence electrons. The molecule has 1 saturated heterocycles. The molecule has 3 aliphatic rings. The number of nitrogens with one attached hydrogen (secondary N) is 2. The minimum Gasteiger partial charge on any atom is -0.477 e. The molecule has 3 rings (SSSR count). The lowest BCUT2D eigenvalue weighted by atomic mass is 10.0. The van der Waals surface area contributed by atoms with Gasteiger partial charge in [0, 0.05) is 23.3 Å². The van der Waals surface area contributed by atoms with E-state index < -0.39 is 18.0 Å². The lowest BCUT2D eigenvalue weighted by molar-refractivity contribution is -0.148. The van der Waals surface area contributed by atoms with Crippen molar-refractivity contribution in [1.82, 2.24) is 15.5 Å². The van der Waals surface area contributed by atoms with Crippen molar-refractivity contribution in [3.63, 3.8) is 0 Å². The maximum Gasteiger partial charge on any atom is 0.352 e. The van der Waals surface area contributed by atoms with E-state index in [0.29, 0.717) is 11.5 Å². The van der Waals surface area contributed by atoms with Crippen molar-refractivity contribution in [2.45, 2.75) is 31.3 Å². The predicted molar refractivity (Wildman–Crippen MR) is 106 cm³/mol. The number of carboxylic acid groups (broad SMARTS) is 1. The topological polar surface area (TPSA) is 111 Å². The Morgan fingerprint density at radius 2 is 2.23 bits per heavy atom. The second kappa shape index (κ2) is 8.13. The maximum absolute atomic E-state index is 12.5. The molecular formula is C15H20N4O4S3. The molecule has 2 atom stereocenters. The van der Waals surface area contributed by atoms with Gasteiger partial charge in [0.15, 0.2) is 0 Å². The standard InChI is InChI=1S/C15H20N4O4S3/c1-7(2)17-14(23)18-9-11(20)19-10(13(21)22)8(5-25-12(9)19)6-26-15-16-3-4-24-15/h7,9,12H,3-6H2,1-2H3,(H,21,22)(H2,17,18,23)/t9?,12-/m1/s1. The van der Waals surface area contributed by atoms with Crippen LogP contribution in [0.1, 0.15) is 13.8 Å². The number of β-lactam (4-membered cyclic amide) rings is 1. The van der Waals surface area contributed by atoms with Crippen LogP contribution in [0.25, 0.3) is 0 Å². The molecule has 3 heterocycles. The first-order valence-electron chi connectivity index (χ1n) is 8.15. The number of rotatable bonds is 5. The van der Waals surface area contributed by atoms with Crippen LogP contribution in [-0.4, -0.2) is 73.6 Å². The van der Waals surface area contributed by atoms with Crippen LogP contribution in [0, 0.1) is 0 Å². The molecule has 0 aromatic rings. The van der Waals surface area contributed by atoms with E-state index in [4.69, 9.17) is 0 Å². The van der Waals surface area contributed by atoms with E-state index in [1.54, 1.807) is 11.8 Å². The zero-order valence-electron chi connectivity index (χ0n) is 14.4. The van der Waals surface area contributed by atoms with Crippen LogP contribution < -0.4 is 10.6 Å². The number of aliphatic carboxylic acids is 1. The number of thioether (sulfide) groups is 3. The Morgan fingerprint density at radius 3 is 2.85 bits per heavy atom. The highest BCUT2D eigenvalue weighted by Gasteiger charge is 2.54. The lowest BCUT2D eigenvalue weighted by Crippen LogP contribution is -2.71. The Labute approximate surface area is 164 Å². The third-order valence-corrected chi connectivity index (χ3v) is 7.56.